The summed E-state index contributed by atoms with van der Waals surface area (Å²) >= 11 is 0. The number of benzene rings is 3. The highest BCUT2D eigenvalue weighted by atomic mass is 16.2. The van der Waals surface area contributed by atoms with Crippen LogP contribution in [0.2, 0.25) is 0 Å². The number of fused-ring (bicyclic) bond motifs is 1. The Hall–Kier alpha value is -4.38. The molecule has 0 saturated heterocycles. The molecule has 3 aromatic carbocycles. The Kier molecular flexibility index (Phi) is 12.0. The van der Waals surface area contributed by atoms with Crippen molar-refractivity contribution in [3.8, 4) is 0 Å². The average Bonchev–Trinajstić information content (AvgIpc) is 3.54. The number of hydrogen-bond acceptors (Lipinski definition) is 7. The van der Waals surface area contributed by atoms with Gasteiger partial charge in [0.15, 0.2) is 5.78 Å². The van der Waals surface area contributed by atoms with E-state index in [1.165, 1.54) is 0 Å². The highest BCUT2D eigenvalue weighted by Crippen LogP contribution is 2.25. The molecule has 45 heavy (non-hydrogen) atoms. The van der Waals surface area contributed by atoms with Crippen LogP contribution in [0.5, 0.6) is 0 Å². The van der Waals surface area contributed by atoms with E-state index >= 15 is 0 Å². The topological polar surface area (TPSA) is 159 Å². The maximum absolute atomic E-state index is 13.9. The van der Waals surface area contributed by atoms with Gasteiger partial charge in [-0.3, -0.25) is 19.3 Å². The second kappa shape index (κ2) is 16.1. The van der Waals surface area contributed by atoms with E-state index in [9.17, 15) is 14.4 Å². The number of carbonyl (C=O) groups excluding carboxylic acids is 3. The van der Waals surface area contributed by atoms with Gasteiger partial charge in [-0.1, -0.05) is 80.6 Å². The number of primary amides is 1. The van der Waals surface area contributed by atoms with Gasteiger partial charge in [0.05, 0.1) is 25.3 Å². The number of aromatic amines is 1. The molecule has 1 unspecified atom stereocenters. The van der Waals surface area contributed by atoms with Crippen molar-refractivity contribution in [1.29, 1.82) is 0 Å². The summed E-state index contributed by atoms with van der Waals surface area (Å²) in [6.45, 7) is 7.77. The van der Waals surface area contributed by atoms with Gasteiger partial charge in [0.25, 0.3) is 0 Å². The largest absolute Gasteiger partial charge is 0.369 e. The van der Waals surface area contributed by atoms with Gasteiger partial charge >= 0.3 is 0 Å². The van der Waals surface area contributed by atoms with Gasteiger partial charge in [-0.15, -0.1) is 0 Å². The minimum absolute atomic E-state index is 0.0116. The molecular formula is C35H45N7O3. The molecule has 10 nitrogen and oxygen atoms in total. The first-order valence-electron chi connectivity index (χ1n) is 15.5. The third-order valence-corrected chi connectivity index (χ3v) is 7.88. The van der Waals surface area contributed by atoms with Crippen molar-refractivity contribution in [2.75, 3.05) is 13.1 Å². The number of amides is 2. The van der Waals surface area contributed by atoms with Crippen LogP contribution in [0.15, 0.2) is 79.1 Å². The third-order valence-electron chi connectivity index (χ3n) is 7.88. The molecule has 2 amide bonds. The summed E-state index contributed by atoms with van der Waals surface area (Å²) in [4.78, 5) is 48.6. The first-order chi connectivity index (χ1) is 21.6. The number of hydrogen-bond donors (Lipinski definition) is 5. The van der Waals surface area contributed by atoms with Crippen LogP contribution in [0.1, 0.15) is 67.0 Å². The molecule has 0 bridgehead atoms. The van der Waals surface area contributed by atoms with E-state index in [1.807, 2.05) is 80.3 Å². The molecule has 0 aliphatic carbocycles. The van der Waals surface area contributed by atoms with Crippen LogP contribution in [-0.4, -0.2) is 51.7 Å². The molecule has 4 aromatic rings. The molecule has 0 saturated carbocycles. The predicted octanol–water partition coefficient (Wildman–Crippen LogP) is 4.04. The number of Topliss-reactive ketones (excluding diaryl/α,β-unsaturated/α-hetero) is 1. The van der Waals surface area contributed by atoms with Gasteiger partial charge in [-0.05, 0) is 47.6 Å². The molecule has 0 radical (unpaired) electrons. The fourth-order valence-electron chi connectivity index (χ4n) is 5.62. The van der Waals surface area contributed by atoms with Gasteiger partial charge in [-0.2, -0.15) is 0 Å². The second-order valence-corrected chi connectivity index (χ2v) is 12.0. The summed E-state index contributed by atoms with van der Waals surface area (Å²) in [5.74, 6) is -0.975. The quantitative estimate of drug-likeness (QED) is 0.0685. The fourth-order valence-corrected chi connectivity index (χ4v) is 5.62. The van der Waals surface area contributed by atoms with Crippen molar-refractivity contribution in [1.82, 2.24) is 25.5 Å². The summed E-state index contributed by atoms with van der Waals surface area (Å²) < 4.78 is 0. The number of H-pyrrole nitrogens is 1. The van der Waals surface area contributed by atoms with Crippen molar-refractivity contribution < 1.29 is 14.4 Å². The lowest BCUT2D eigenvalue weighted by molar-refractivity contribution is -0.125. The van der Waals surface area contributed by atoms with E-state index in [-0.39, 0.29) is 36.6 Å². The van der Waals surface area contributed by atoms with Gasteiger partial charge in [0, 0.05) is 31.0 Å². The molecule has 3 atom stereocenters. The molecule has 238 valence electrons. The Labute approximate surface area is 265 Å². The summed E-state index contributed by atoms with van der Waals surface area (Å²) in [5.41, 5.74) is 14.4. The normalized spacial score (nSPS) is 13.6. The molecule has 1 heterocycles. The summed E-state index contributed by atoms with van der Waals surface area (Å²) in [5, 5.41) is 8.54. The Morgan fingerprint density at radius 2 is 1.67 bits per heavy atom. The Balaban J connectivity index is 1.50. The SMILES string of the molecule is CC(C)CN(CC(N)=O)C(N)CC[C@H](C(=O)N[C@@H](C)c1cccc2ccccc12)C(=O)c1ccc(CNCc2ncc[nH]2)cc1. The van der Waals surface area contributed by atoms with Gasteiger partial charge < -0.3 is 27.1 Å². The van der Waals surface area contributed by atoms with Crippen LogP contribution in [0.25, 0.3) is 10.8 Å². The van der Waals surface area contributed by atoms with E-state index in [0.29, 0.717) is 31.6 Å². The van der Waals surface area contributed by atoms with Crippen LogP contribution >= 0.6 is 0 Å². The zero-order valence-corrected chi connectivity index (χ0v) is 26.3. The van der Waals surface area contributed by atoms with Crippen molar-refractivity contribution in [3.63, 3.8) is 0 Å². The lowest BCUT2D eigenvalue weighted by Gasteiger charge is -2.30. The van der Waals surface area contributed by atoms with Gasteiger partial charge in [0.2, 0.25) is 11.8 Å². The standard InChI is InChI=1S/C35H45N7O3/c1-23(2)21-42(22-32(37)43)31(36)16-15-30(35(45)41-24(3)28-10-6-8-26-7-4-5-9-29(26)28)34(44)27-13-11-25(12-14-27)19-38-20-33-39-17-18-40-33/h4-14,17-18,23-24,30-31,38H,15-16,19-22,36H2,1-3H3,(H2,37,43)(H,39,40)(H,41,45)/t24-,30-,31?/m0/s1. The van der Waals surface area contributed by atoms with E-state index in [4.69, 9.17) is 11.5 Å². The number of ketones is 1. The number of aromatic nitrogens is 2. The molecule has 0 aliphatic rings. The van der Waals surface area contributed by atoms with Crippen molar-refractivity contribution in [3.05, 3.63) is 102 Å². The highest BCUT2D eigenvalue weighted by molar-refractivity contribution is 6.10. The first-order valence-corrected chi connectivity index (χ1v) is 15.5. The zero-order valence-electron chi connectivity index (χ0n) is 26.3. The number of imidazole rings is 1. The van der Waals surface area contributed by atoms with E-state index in [0.717, 1.165) is 27.7 Å². The molecule has 7 N–H and O–H groups in total. The summed E-state index contributed by atoms with van der Waals surface area (Å²) in [6, 6.07) is 21.0. The number of nitrogens with zero attached hydrogens (tertiary/aromatic N) is 2. The minimum Gasteiger partial charge on any atom is -0.369 e. The highest BCUT2D eigenvalue weighted by Gasteiger charge is 2.30. The monoisotopic (exact) mass is 611 g/mol. The van der Waals surface area contributed by atoms with Crippen LogP contribution in [0.3, 0.4) is 0 Å². The van der Waals surface area contributed by atoms with Crippen LogP contribution in [-0.2, 0) is 22.7 Å². The maximum Gasteiger partial charge on any atom is 0.231 e. The third kappa shape index (κ3) is 9.55. The first kappa shape index (κ1) is 33.5. The van der Waals surface area contributed by atoms with E-state index in [1.54, 1.807) is 24.5 Å². The summed E-state index contributed by atoms with van der Waals surface area (Å²) in [6.07, 6.45) is 3.49. The maximum atomic E-state index is 13.9. The minimum atomic E-state index is -0.967. The van der Waals surface area contributed by atoms with Crippen LogP contribution < -0.4 is 22.1 Å². The zero-order chi connectivity index (χ0) is 32.3. The number of nitrogens with one attached hydrogen (secondary N) is 3. The van der Waals surface area contributed by atoms with Crippen molar-refractivity contribution in [2.24, 2.45) is 23.3 Å². The Morgan fingerprint density at radius 3 is 2.36 bits per heavy atom. The Bertz CT molecular complexity index is 1550. The molecule has 0 fully saturated rings. The van der Waals surface area contributed by atoms with E-state index in [2.05, 4.69) is 20.6 Å². The van der Waals surface area contributed by atoms with Crippen molar-refractivity contribution >= 4 is 28.4 Å². The van der Waals surface area contributed by atoms with E-state index < -0.39 is 18.0 Å². The Morgan fingerprint density at radius 1 is 0.933 bits per heavy atom. The molecule has 1 aromatic heterocycles. The number of carbonyl (C=O) groups is 3. The smallest absolute Gasteiger partial charge is 0.231 e. The molecule has 10 heteroatoms. The number of nitrogens with two attached hydrogens (primary N) is 2. The van der Waals surface area contributed by atoms with Crippen LogP contribution in [0.4, 0.5) is 0 Å². The molecule has 0 spiro atoms. The lowest BCUT2D eigenvalue weighted by atomic mass is 9.90. The lowest BCUT2D eigenvalue weighted by Crippen LogP contribution is -2.48. The number of rotatable bonds is 17. The molecule has 0 aliphatic heterocycles. The fraction of sp³-hybridized carbons (Fsp3) is 0.371. The van der Waals surface area contributed by atoms with Crippen molar-refractivity contribution in [2.45, 2.75) is 58.9 Å². The van der Waals surface area contributed by atoms with Gasteiger partial charge in [-0.25, -0.2) is 4.98 Å². The predicted molar refractivity (Wildman–Crippen MR) is 177 cm³/mol. The second-order valence-electron chi connectivity index (χ2n) is 12.0. The summed E-state index contributed by atoms with van der Waals surface area (Å²) in [7, 11) is 0. The van der Waals surface area contributed by atoms with Crippen LogP contribution in [0, 0.1) is 11.8 Å². The van der Waals surface area contributed by atoms with Gasteiger partial charge in [0.1, 0.15) is 11.7 Å². The average molecular weight is 612 g/mol. The molecular weight excluding hydrogens is 566 g/mol. The molecule has 4 rings (SSSR count).